The summed E-state index contributed by atoms with van der Waals surface area (Å²) in [5, 5.41) is 2.87. The van der Waals surface area contributed by atoms with Crippen LogP contribution in [-0.2, 0) is 4.74 Å². The van der Waals surface area contributed by atoms with Crippen LogP contribution in [0.1, 0.15) is 0 Å². The number of primary amides is 1. The van der Waals surface area contributed by atoms with Crippen LogP contribution in [0.3, 0.4) is 0 Å². The van der Waals surface area contributed by atoms with Gasteiger partial charge in [-0.1, -0.05) is 0 Å². The van der Waals surface area contributed by atoms with Gasteiger partial charge in [-0.15, -0.1) is 0 Å². The van der Waals surface area contributed by atoms with E-state index in [2.05, 4.69) is 20.0 Å². The van der Waals surface area contributed by atoms with Crippen LogP contribution in [-0.4, -0.2) is 36.3 Å². The molecule has 0 atom stereocenters. The van der Waals surface area contributed by atoms with E-state index >= 15 is 0 Å². The van der Waals surface area contributed by atoms with Crippen LogP contribution in [0.4, 0.5) is 16.6 Å². The van der Waals surface area contributed by atoms with Gasteiger partial charge >= 0.3 is 6.09 Å². The summed E-state index contributed by atoms with van der Waals surface area (Å²) < 4.78 is 9.42. The van der Waals surface area contributed by atoms with E-state index in [4.69, 9.17) is 16.2 Å². The lowest BCUT2D eigenvalue weighted by atomic mass is 10.5. The molecule has 0 radical (unpaired) electrons. The van der Waals surface area contributed by atoms with E-state index in [0.717, 1.165) is 0 Å². The van der Waals surface area contributed by atoms with Gasteiger partial charge in [0.1, 0.15) is 12.4 Å². The highest BCUT2D eigenvalue weighted by Gasteiger charge is 2.01. The Bertz CT molecular complexity index is 371. The molecular formula is C8H13N5O3. The molecule has 0 bridgehead atoms. The van der Waals surface area contributed by atoms with Gasteiger partial charge in [-0.2, -0.15) is 9.97 Å². The summed E-state index contributed by atoms with van der Waals surface area (Å²) in [6.07, 6.45) is -0.818. The Hall–Kier alpha value is -2.25. The second kappa shape index (κ2) is 5.59. The van der Waals surface area contributed by atoms with Gasteiger partial charge in [0.15, 0.2) is 0 Å². The smallest absolute Gasteiger partial charge is 0.404 e. The van der Waals surface area contributed by atoms with Crippen molar-refractivity contribution in [1.82, 2.24) is 9.97 Å². The number of aromatic nitrogens is 2. The van der Waals surface area contributed by atoms with Crippen molar-refractivity contribution < 1.29 is 14.3 Å². The van der Waals surface area contributed by atoms with Crippen LogP contribution in [0, 0.1) is 0 Å². The zero-order chi connectivity index (χ0) is 12.0. The lowest BCUT2D eigenvalue weighted by Crippen LogP contribution is -2.18. The van der Waals surface area contributed by atoms with Gasteiger partial charge in [0.2, 0.25) is 11.8 Å². The Labute approximate surface area is 91.9 Å². The van der Waals surface area contributed by atoms with E-state index in [1.165, 1.54) is 7.11 Å². The number of hydrogen-bond donors (Lipinski definition) is 3. The summed E-state index contributed by atoms with van der Waals surface area (Å²) in [4.78, 5) is 18.0. The van der Waals surface area contributed by atoms with Gasteiger partial charge in [-0.05, 0) is 0 Å². The van der Waals surface area contributed by atoms with Crippen LogP contribution in [0.15, 0.2) is 6.07 Å². The van der Waals surface area contributed by atoms with Gasteiger partial charge in [0, 0.05) is 6.07 Å². The van der Waals surface area contributed by atoms with Crippen LogP contribution in [0.25, 0.3) is 0 Å². The Balaban J connectivity index is 2.47. The van der Waals surface area contributed by atoms with E-state index in [-0.39, 0.29) is 12.6 Å². The second-order valence-corrected chi connectivity index (χ2v) is 2.75. The van der Waals surface area contributed by atoms with E-state index in [9.17, 15) is 4.79 Å². The number of anilines is 2. The highest BCUT2D eigenvalue weighted by Crippen LogP contribution is 2.13. The van der Waals surface area contributed by atoms with Crippen LogP contribution < -0.4 is 21.5 Å². The Morgan fingerprint density at radius 3 is 2.94 bits per heavy atom. The first kappa shape index (κ1) is 11.8. The summed E-state index contributed by atoms with van der Waals surface area (Å²) in [6.45, 7) is 0.504. The van der Waals surface area contributed by atoms with Gasteiger partial charge in [0.05, 0.1) is 13.7 Å². The largest absolute Gasteiger partial charge is 0.481 e. The third-order valence-corrected chi connectivity index (χ3v) is 1.58. The number of carbonyl (C=O) groups is 1. The van der Waals surface area contributed by atoms with Crippen LogP contribution in [0.2, 0.25) is 0 Å². The number of rotatable bonds is 5. The fourth-order valence-corrected chi connectivity index (χ4v) is 0.969. The number of methoxy groups -OCH3 is 1. The minimum absolute atomic E-state index is 0.0951. The van der Waals surface area contributed by atoms with Crippen molar-refractivity contribution in [3.63, 3.8) is 0 Å². The number of nitrogen functional groups attached to an aromatic ring is 1. The quantitative estimate of drug-likeness (QED) is 0.583. The molecule has 0 saturated heterocycles. The number of nitrogens with one attached hydrogen (secondary N) is 1. The Kier molecular flexibility index (Phi) is 4.13. The van der Waals surface area contributed by atoms with Crippen LogP contribution in [0.5, 0.6) is 5.88 Å². The van der Waals surface area contributed by atoms with Gasteiger partial charge < -0.3 is 26.3 Å². The van der Waals surface area contributed by atoms with Crippen molar-refractivity contribution in [2.24, 2.45) is 5.73 Å². The molecule has 1 aromatic heterocycles. The Morgan fingerprint density at radius 1 is 1.56 bits per heavy atom. The van der Waals surface area contributed by atoms with Crippen molar-refractivity contribution >= 4 is 17.9 Å². The third kappa shape index (κ3) is 3.86. The molecule has 1 aromatic rings. The summed E-state index contributed by atoms with van der Waals surface area (Å²) in [5.74, 6) is 0.931. The van der Waals surface area contributed by atoms with Crippen molar-refractivity contribution in [2.75, 3.05) is 31.3 Å². The van der Waals surface area contributed by atoms with Crippen LogP contribution >= 0.6 is 0 Å². The molecule has 0 aliphatic heterocycles. The van der Waals surface area contributed by atoms with E-state index < -0.39 is 6.09 Å². The molecule has 0 aliphatic carbocycles. The molecule has 0 aliphatic rings. The minimum atomic E-state index is -0.818. The first-order chi connectivity index (χ1) is 7.61. The molecule has 16 heavy (non-hydrogen) atoms. The molecule has 0 aromatic carbocycles. The fourth-order valence-electron chi connectivity index (χ4n) is 0.969. The predicted molar refractivity (Wildman–Crippen MR) is 57.0 cm³/mol. The topological polar surface area (TPSA) is 125 Å². The number of nitrogens with zero attached hydrogens (tertiary/aromatic N) is 2. The standard InChI is InChI=1S/C8H13N5O3/c1-15-6-4-5(12-7(9)13-6)11-2-3-16-8(10)14/h4H,2-3H2,1H3,(H2,10,14)(H3,9,11,12,13). The zero-order valence-corrected chi connectivity index (χ0v) is 8.77. The average Bonchev–Trinajstić information content (AvgIpc) is 2.23. The molecule has 1 rings (SSSR count). The number of ether oxygens (including phenoxy) is 2. The molecule has 1 heterocycles. The minimum Gasteiger partial charge on any atom is -0.481 e. The van der Waals surface area contributed by atoms with E-state index in [1.54, 1.807) is 6.07 Å². The van der Waals surface area contributed by atoms with Crippen molar-refractivity contribution in [3.05, 3.63) is 6.07 Å². The monoisotopic (exact) mass is 227 g/mol. The molecule has 0 saturated carbocycles. The molecular weight excluding hydrogens is 214 g/mol. The lowest BCUT2D eigenvalue weighted by molar-refractivity contribution is 0.161. The normalized spacial score (nSPS) is 9.56. The highest BCUT2D eigenvalue weighted by molar-refractivity contribution is 5.64. The summed E-state index contributed by atoms with van der Waals surface area (Å²) in [5.41, 5.74) is 10.2. The van der Waals surface area contributed by atoms with Crippen molar-refractivity contribution in [1.29, 1.82) is 0 Å². The van der Waals surface area contributed by atoms with Gasteiger partial charge in [-0.3, -0.25) is 0 Å². The molecule has 5 N–H and O–H groups in total. The number of hydrogen-bond acceptors (Lipinski definition) is 7. The molecule has 8 nitrogen and oxygen atoms in total. The molecule has 0 spiro atoms. The summed E-state index contributed by atoms with van der Waals surface area (Å²) in [7, 11) is 1.47. The molecule has 8 heteroatoms. The number of nitrogens with two attached hydrogens (primary N) is 2. The first-order valence-corrected chi connectivity index (χ1v) is 4.46. The molecule has 0 fully saturated rings. The zero-order valence-electron chi connectivity index (χ0n) is 8.77. The Morgan fingerprint density at radius 2 is 2.31 bits per heavy atom. The van der Waals surface area contributed by atoms with E-state index in [1.807, 2.05) is 0 Å². The molecule has 88 valence electrons. The highest BCUT2D eigenvalue weighted by atomic mass is 16.5. The number of amides is 1. The van der Waals surface area contributed by atoms with Gasteiger partial charge in [0.25, 0.3) is 0 Å². The first-order valence-electron chi connectivity index (χ1n) is 4.46. The van der Waals surface area contributed by atoms with E-state index in [0.29, 0.717) is 18.2 Å². The van der Waals surface area contributed by atoms with Gasteiger partial charge in [-0.25, -0.2) is 4.79 Å². The maximum Gasteiger partial charge on any atom is 0.404 e. The van der Waals surface area contributed by atoms with Crippen molar-refractivity contribution in [2.45, 2.75) is 0 Å². The summed E-state index contributed by atoms with van der Waals surface area (Å²) >= 11 is 0. The second-order valence-electron chi connectivity index (χ2n) is 2.75. The molecule has 1 amide bonds. The molecule has 0 unspecified atom stereocenters. The maximum atomic E-state index is 10.3. The lowest BCUT2D eigenvalue weighted by Gasteiger charge is -2.07. The SMILES string of the molecule is COc1cc(NCCOC(N)=O)nc(N)n1. The average molecular weight is 227 g/mol. The number of carbonyl (C=O) groups excluding carboxylic acids is 1. The maximum absolute atomic E-state index is 10.3. The summed E-state index contributed by atoms with van der Waals surface area (Å²) in [6, 6.07) is 1.57. The third-order valence-electron chi connectivity index (χ3n) is 1.58. The predicted octanol–water partition coefficient (Wildman–Crippen LogP) is -0.425. The van der Waals surface area contributed by atoms with Crippen molar-refractivity contribution in [3.8, 4) is 5.88 Å². The fraction of sp³-hybridized carbons (Fsp3) is 0.375.